The molecule has 0 aromatic heterocycles. The second kappa shape index (κ2) is 10.6. The zero-order valence-electron chi connectivity index (χ0n) is 18.6. The van der Waals surface area contributed by atoms with Crippen LogP contribution in [0.4, 0.5) is 4.79 Å². The third-order valence-electron chi connectivity index (χ3n) is 5.72. The summed E-state index contributed by atoms with van der Waals surface area (Å²) in [4.78, 5) is 14.6. The molecule has 0 radical (unpaired) electrons. The molecule has 2 aromatic rings. The standard InChI is InChI=1S/C26H36N2O2/c1-26(2,3)30-25(29)27-18-21-14-16-24(17-15-21)28(19-22-10-6-4-7-11-22)20-23-12-8-5-9-13-23/h4-13,21,24H,14-20H2,1-3H3,(H,27,29). The molecule has 0 spiro atoms. The number of nitrogens with zero attached hydrogens (tertiary/aromatic N) is 1. The lowest BCUT2D eigenvalue weighted by Gasteiger charge is -2.37. The Labute approximate surface area is 181 Å². The number of alkyl carbamates (subject to hydrolysis) is 1. The number of rotatable bonds is 7. The molecular formula is C26H36N2O2. The minimum Gasteiger partial charge on any atom is -0.444 e. The number of ether oxygens (including phenoxy) is 1. The van der Waals surface area contributed by atoms with E-state index in [0.29, 0.717) is 18.5 Å². The van der Waals surface area contributed by atoms with Crippen molar-refractivity contribution in [3.05, 3.63) is 71.8 Å². The molecule has 0 aliphatic heterocycles. The van der Waals surface area contributed by atoms with Gasteiger partial charge >= 0.3 is 6.09 Å². The van der Waals surface area contributed by atoms with Crippen molar-refractivity contribution < 1.29 is 9.53 Å². The predicted octanol–water partition coefficient (Wildman–Crippen LogP) is 5.77. The van der Waals surface area contributed by atoms with Gasteiger partial charge < -0.3 is 10.1 Å². The van der Waals surface area contributed by atoms with Crippen LogP contribution in [0.15, 0.2) is 60.7 Å². The van der Waals surface area contributed by atoms with E-state index in [1.54, 1.807) is 0 Å². The summed E-state index contributed by atoms with van der Waals surface area (Å²) in [5.74, 6) is 0.532. The first kappa shape index (κ1) is 22.4. The van der Waals surface area contributed by atoms with Crippen LogP contribution in [-0.2, 0) is 17.8 Å². The average Bonchev–Trinajstić information content (AvgIpc) is 2.72. The first-order chi connectivity index (χ1) is 14.4. The molecule has 1 saturated carbocycles. The van der Waals surface area contributed by atoms with Gasteiger partial charge in [0.15, 0.2) is 0 Å². The fourth-order valence-corrected chi connectivity index (χ4v) is 4.21. The van der Waals surface area contributed by atoms with Gasteiger partial charge in [0, 0.05) is 25.7 Å². The van der Waals surface area contributed by atoms with Gasteiger partial charge in [-0.1, -0.05) is 60.7 Å². The van der Waals surface area contributed by atoms with E-state index < -0.39 is 5.60 Å². The van der Waals surface area contributed by atoms with Gasteiger partial charge in [0.1, 0.15) is 5.60 Å². The zero-order chi connectivity index (χ0) is 21.4. The second-order valence-electron chi connectivity index (χ2n) is 9.43. The van der Waals surface area contributed by atoms with Crippen LogP contribution in [0.1, 0.15) is 57.6 Å². The highest BCUT2D eigenvalue weighted by Crippen LogP contribution is 2.29. The van der Waals surface area contributed by atoms with Crippen LogP contribution in [0, 0.1) is 5.92 Å². The molecule has 1 fully saturated rings. The molecule has 0 heterocycles. The number of amides is 1. The molecular weight excluding hydrogens is 372 g/mol. The van der Waals surface area contributed by atoms with Gasteiger partial charge in [0.05, 0.1) is 0 Å². The summed E-state index contributed by atoms with van der Waals surface area (Å²) in [5.41, 5.74) is 2.28. The molecule has 3 rings (SSSR count). The third kappa shape index (κ3) is 7.49. The maximum absolute atomic E-state index is 11.9. The molecule has 0 bridgehead atoms. The fourth-order valence-electron chi connectivity index (χ4n) is 4.21. The summed E-state index contributed by atoms with van der Waals surface area (Å²) in [6, 6.07) is 22.1. The van der Waals surface area contributed by atoms with E-state index in [2.05, 4.69) is 70.9 Å². The topological polar surface area (TPSA) is 41.6 Å². The lowest BCUT2D eigenvalue weighted by atomic mass is 9.85. The molecule has 0 atom stereocenters. The van der Waals surface area contributed by atoms with E-state index in [0.717, 1.165) is 25.9 Å². The highest BCUT2D eigenvalue weighted by molar-refractivity contribution is 5.67. The summed E-state index contributed by atoms with van der Waals surface area (Å²) in [6.07, 6.45) is 4.31. The van der Waals surface area contributed by atoms with Crippen LogP contribution >= 0.6 is 0 Å². The van der Waals surface area contributed by atoms with Crippen molar-refractivity contribution in [1.82, 2.24) is 10.2 Å². The van der Waals surface area contributed by atoms with E-state index >= 15 is 0 Å². The molecule has 4 nitrogen and oxygen atoms in total. The summed E-state index contributed by atoms with van der Waals surface area (Å²) < 4.78 is 5.36. The number of hydrogen-bond acceptors (Lipinski definition) is 3. The molecule has 0 saturated heterocycles. The Morgan fingerprint density at radius 2 is 1.40 bits per heavy atom. The van der Waals surface area contributed by atoms with Crippen molar-refractivity contribution in [2.24, 2.45) is 5.92 Å². The first-order valence-corrected chi connectivity index (χ1v) is 11.2. The summed E-state index contributed by atoms with van der Waals surface area (Å²) in [7, 11) is 0. The van der Waals surface area contributed by atoms with Crippen LogP contribution < -0.4 is 5.32 Å². The van der Waals surface area contributed by atoms with Crippen molar-refractivity contribution in [2.45, 2.75) is 71.2 Å². The minimum atomic E-state index is -0.447. The molecule has 1 amide bonds. The number of hydrogen-bond donors (Lipinski definition) is 1. The number of carbonyl (C=O) groups is 1. The monoisotopic (exact) mass is 408 g/mol. The smallest absolute Gasteiger partial charge is 0.407 e. The summed E-state index contributed by atoms with van der Waals surface area (Å²) >= 11 is 0. The molecule has 30 heavy (non-hydrogen) atoms. The number of nitrogens with one attached hydrogen (secondary N) is 1. The summed E-state index contributed by atoms with van der Waals surface area (Å²) in [5, 5.41) is 2.96. The first-order valence-electron chi connectivity index (χ1n) is 11.2. The molecule has 1 aliphatic rings. The quantitative estimate of drug-likeness (QED) is 0.632. The number of carbonyl (C=O) groups excluding carboxylic acids is 1. The minimum absolute atomic E-state index is 0.306. The van der Waals surface area contributed by atoms with Gasteiger partial charge in [-0.25, -0.2) is 4.79 Å². The van der Waals surface area contributed by atoms with E-state index in [-0.39, 0.29) is 6.09 Å². The van der Waals surface area contributed by atoms with Crippen LogP contribution in [0.3, 0.4) is 0 Å². The van der Waals surface area contributed by atoms with Gasteiger partial charge in [0.25, 0.3) is 0 Å². The Kier molecular flexibility index (Phi) is 7.92. The zero-order valence-corrected chi connectivity index (χ0v) is 18.6. The molecule has 4 heteroatoms. The van der Waals surface area contributed by atoms with Gasteiger partial charge in [-0.05, 0) is 63.5 Å². The van der Waals surface area contributed by atoms with Gasteiger partial charge in [-0.2, -0.15) is 0 Å². The van der Waals surface area contributed by atoms with Crippen LogP contribution in [0.5, 0.6) is 0 Å². The lowest BCUT2D eigenvalue weighted by molar-refractivity contribution is 0.0507. The van der Waals surface area contributed by atoms with Crippen molar-refractivity contribution in [1.29, 1.82) is 0 Å². The van der Waals surface area contributed by atoms with Gasteiger partial charge in [0.2, 0.25) is 0 Å². The van der Waals surface area contributed by atoms with E-state index in [1.165, 1.54) is 24.0 Å². The van der Waals surface area contributed by atoms with Crippen molar-refractivity contribution in [3.63, 3.8) is 0 Å². The maximum atomic E-state index is 11.9. The molecule has 2 aromatic carbocycles. The highest BCUT2D eigenvalue weighted by Gasteiger charge is 2.27. The Morgan fingerprint density at radius 1 is 0.900 bits per heavy atom. The summed E-state index contributed by atoms with van der Waals surface area (Å²) in [6.45, 7) is 8.34. The van der Waals surface area contributed by atoms with E-state index in [4.69, 9.17) is 4.74 Å². The van der Waals surface area contributed by atoms with Gasteiger partial charge in [-0.3, -0.25) is 4.90 Å². The Morgan fingerprint density at radius 3 is 1.87 bits per heavy atom. The molecule has 0 unspecified atom stereocenters. The van der Waals surface area contributed by atoms with Crippen LogP contribution in [0.2, 0.25) is 0 Å². The third-order valence-corrected chi connectivity index (χ3v) is 5.72. The van der Waals surface area contributed by atoms with E-state index in [1.807, 2.05) is 20.8 Å². The van der Waals surface area contributed by atoms with Crippen molar-refractivity contribution in [3.8, 4) is 0 Å². The van der Waals surface area contributed by atoms with Gasteiger partial charge in [-0.15, -0.1) is 0 Å². The maximum Gasteiger partial charge on any atom is 0.407 e. The van der Waals surface area contributed by atoms with E-state index in [9.17, 15) is 4.79 Å². The fraction of sp³-hybridized carbons (Fsp3) is 0.500. The largest absolute Gasteiger partial charge is 0.444 e. The Balaban J connectivity index is 1.54. The number of benzene rings is 2. The van der Waals surface area contributed by atoms with Crippen LogP contribution in [-0.4, -0.2) is 29.2 Å². The van der Waals surface area contributed by atoms with Crippen molar-refractivity contribution in [2.75, 3.05) is 6.54 Å². The highest BCUT2D eigenvalue weighted by atomic mass is 16.6. The molecule has 1 aliphatic carbocycles. The average molecular weight is 409 g/mol. The molecule has 1 N–H and O–H groups in total. The molecule has 162 valence electrons. The SMILES string of the molecule is CC(C)(C)OC(=O)NCC1CCC(N(Cc2ccccc2)Cc2ccccc2)CC1. The predicted molar refractivity (Wildman–Crippen MR) is 122 cm³/mol. The lowest BCUT2D eigenvalue weighted by Crippen LogP contribution is -2.40. The Bertz CT molecular complexity index is 721. The Hall–Kier alpha value is -2.33. The second-order valence-corrected chi connectivity index (χ2v) is 9.43. The normalized spacial score (nSPS) is 19.5. The van der Waals surface area contributed by atoms with Crippen LogP contribution in [0.25, 0.3) is 0 Å². The van der Waals surface area contributed by atoms with Crippen molar-refractivity contribution >= 4 is 6.09 Å².